The SMILES string of the molecule is O=C(NC[C@@H](O)C(=O)O)c1ccc(CN(C(=O)Nc2cccc(I)c2)c2ccc(C3CCCCC3)cc2)cc1. The molecule has 4 rings (SSSR count). The lowest BCUT2D eigenvalue weighted by Crippen LogP contribution is -2.36. The Hall–Kier alpha value is -3.44. The summed E-state index contributed by atoms with van der Waals surface area (Å²) in [6.45, 7) is -0.114. The van der Waals surface area contributed by atoms with Crippen LogP contribution in [0.2, 0.25) is 0 Å². The number of aliphatic carboxylic acids is 1. The van der Waals surface area contributed by atoms with Crippen molar-refractivity contribution in [3.05, 3.63) is 93.1 Å². The zero-order chi connectivity index (χ0) is 27.8. The predicted octanol–water partition coefficient (Wildman–Crippen LogP) is 5.75. The minimum atomic E-state index is -1.67. The van der Waals surface area contributed by atoms with E-state index in [4.69, 9.17) is 5.11 Å². The number of carbonyl (C=O) groups is 3. The molecule has 8 nitrogen and oxygen atoms in total. The molecule has 0 aliphatic heterocycles. The van der Waals surface area contributed by atoms with Crippen LogP contribution >= 0.6 is 22.6 Å². The van der Waals surface area contributed by atoms with E-state index in [1.54, 1.807) is 29.2 Å². The minimum absolute atomic E-state index is 0.271. The highest BCUT2D eigenvalue weighted by Crippen LogP contribution is 2.33. The Kier molecular flexibility index (Phi) is 9.94. The number of rotatable bonds is 9. The zero-order valence-corrected chi connectivity index (χ0v) is 23.6. The molecule has 1 saturated carbocycles. The van der Waals surface area contributed by atoms with Crippen molar-refractivity contribution in [2.24, 2.45) is 0 Å². The van der Waals surface area contributed by atoms with E-state index < -0.39 is 18.0 Å². The molecule has 1 fully saturated rings. The highest BCUT2D eigenvalue weighted by Gasteiger charge is 2.20. The summed E-state index contributed by atoms with van der Waals surface area (Å²) in [6, 6.07) is 22.3. The number of urea groups is 1. The van der Waals surface area contributed by atoms with Crippen LogP contribution in [0.15, 0.2) is 72.8 Å². The van der Waals surface area contributed by atoms with Crippen LogP contribution in [0.1, 0.15) is 59.5 Å². The lowest BCUT2D eigenvalue weighted by atomic mass is 9.84. The van der Waals surface area contributed by atoms with Crippen LogP contribution in [0.3, 0.4) is 0 Å². The molecule has 0 saturated heterocycles. The van der Waals surface area contributed by atoms with E-state index in [2.05, 4.69) is 45.4 Å². The van der Waals surface area contributed by atoms with Crippen molar-refractivity contribution in [1.82, 2.24) is 5.32 Å². The first kappa shape index (κ1) is 28.6. The van der Waals surface area contributed by atoms with Gasteiger partial charge in [0.15, 0.2) is 6.10 Å². The third-order valence-electron chi connectivity index (χ3n) is 6.90. The van der Waals surface area contributed by atoms with E-state index in [-0.39, 0.29) is 19.1 Å². The number of carbonyl (C=O) groups excluding carboxylic acids is 2. The van der Waals surface area contributed by atoms with Crippen molar-refractivity contribution in [3.63, 3.8) is 0 Å². The van der Waals surface area contributed by atoms with Gasteiger partial charge in [-0.2, -0.15) is 0 Å². The number of carboxylic acid groups (broad SMARTS) is 1. The number of nitrogens with zero attached hydrogens (tertiary/aromatic N) is 1. The number of carboxylic acids is 1. The van der Waals surface area contributed by atoms with Gasteiger partial charge in [0.1, 0.15) is 0 Å². The first-order chi connectivity index (χ1) is 18.8. The zero-order valence-electron chi connectivity index (χ0n) is 21.5. The number of anilines is 2. The van der Waals surface area contributed by atoms with Crippen molar-refractivity contribution < 1.29 is 24.6 Å². The molecule has 3 aromatic rings. The molecular formula is C30H32IN3O5. The number of halogens is 1. The summed E-state index contributed by atoms with van der Waals surface area (Å²) in [5.41, 5.74) is 3.91. The normalized spacial score (nSPS) is 14.3. The molecule has 0 heterocycles. The van der Waals surface area contributed by atoms with Crippen molar-refractivity contribution in [2.45, 2.75) is 50.7 Å². The van der Waals surface area contributed by atoms with Crippen molar-refractivity contribution in [2.75, 3.05) is 16.8 Å². The summed E-state index contributed by atoms with van der Waals surface area (Å²) < 4.78 is 1.01. The van der Waals surface area contributed by atoms with Gasteiger partial charge in [-0.25, -0.2) is 9.59 Å². The van der Waals surface area contributed by atoms with Crippen LogP contribution in [0, 0.1) is 3.57 Å². The molecule has 1 aliphatic carbocycles. The van der Waals surface area contributed by atoms with Crippen LogP contribution in [0.4, 0.5) is 16.2 Å². The Morgan fingerprint density at radius 2 is 1.64 bits per heavy atom. The van der Waals surface area contributed by atoms with Gasteiger partial charge in [0.05, 0.1) is 13.1 Å². The van der Waals surface area contributed by atoms with Gasteiger partial charge in [-0.05, 0) is 94.9 Å². The van der Waals surface area contributed by atoms with Crippen LogP contribution in [0.5, 0.6) is 0 Å². The fourth-order valence-electron chi connectivity index (χ4n) is 4.72. The maximum absolute atomic E-state index is 13.5. The Morgan fingerprint density at radius 3 is 2.28 bits per heavy atom. The monoisotopic (exact) mass is 641 g/mol. The second-order valence-corrected chi connectivity index (χ2v) is 11.0. The molecule has 3 aromatic carbocycles. The second kappa shape index (κ2) is 13.6. The van der Waals surface area contributed by atoms with Crippen LogP contribution < -0.4 is 15.5 Å². The first-order valence-electron chi connectivity index (χ1n) is 13.0. The van der Waals surface area contributed by atoms with Gasteiger partial charge in [-0.15, -0.1) is 0 Å². The van der Waals surface area contributed by atoms with E-state index in [0.29, 0.717) is 17.2 Å². The summed E-state index contributed by atoms with van der Waals surface area (Å²) in [5.74, 6) is -1.33. The summed E-state index contributed by atoms with van der Waals surface area (Å²) in [7, 11) is 0. The lowest BCUT2D eigenvalue weighted by Gasteiger charge is -2.26. The predicted molar refractivity (Wildman–Crippen MR) is 159 cm³/mol. The molecule has 1 atom stereocenters. The van der Waals surface area contributed by atoms with E-state index in [0.717, 1.165) is 14.8 Å². The van der Waals surface area contributed by atoms with E-state index in [1.165, 1.54) is 37.7 Å². The number of aliphatic hydroxyl groups excluding tert-OH is 1. The molecule has 1 aliphatic rings. The summed E-state index contributed by atoms with van der Waals surface area (Å²) in [6.07, 6.45) is 4.54. The first-order valence-corrected chi connectivity index (χ1v) is 14.1. The lowest BCUT2D eigenvalue weighted by molar-refractivity contribution is -0.146. The molecule has 3 amide bonds. The van der Waals surface area contributed by atoms with Crippen LogP contribution in [-0.2, 0) is 11.3 Å². The Bertz CT molecular complexity index is 1290. The number of amides is 3. The van der Waals surface area contributed by atoms with Gasteiger partial charge in [-0.1, -0.05) is 49.6 Å². The summed E-state index contributed by atoms with van der Waals surface area (Å²) in [5, 5.41) is 23.5. The molecule has 0 unspecified atom stereocenters. The number of aliphatic hydroxyl groups is 1. The van der Waals surface area contributed by atoms with Crippen molar-refractivity contribution in [3.8, 4) is 0 Å². The molecule has 4 N–H and O–H groups in total. The Balaban J connectivity index is 1.51. The van der Waals surface area contributed by atoms with Crippen LogP contribution in [0.25, 0.3) is 0 Å². The molecule has 204 valence electrons. The van der Waals surface area contributed by atoms with Crippen molar-refractivity contribution in [1.29, 1.82) is 0 Å². The smallest absolute Gasteiger partial charge is 0.334 e. The molecule has 0 aromatic heterocycles. The van der Waals surface area contributed by atoms with E-state index >= 15 is 0 Å². The molecule has 0 bridgehead atoms. The summed E-state index contributed by atoms with van der Waals surface area (Å²) in [4.78, 5) is 38.2. The largest absolute Gasteiger partial charge is 0.479 e. The van der Waals surface area contributed by atoms with Crippen molar-refractivity contribution >= 4 is 51.9 Å². The van der Waals surface area contributed by atoms with Gasteiger partial charge in [-0.3, -0.25) is 9.69 Å². The van der Waals surface area contributed by atoms with Gasteiger partial charge in [0, 0.05) is 20.5 Å². The van der Waals surface area contributed by atoms with Gasteiger partial charge in [0.2, 0.25) is 0 Å². The van der Waals surface area contributed by atoms with Gasteiger partial charge < -0.3 is 20.8 Å². The van der Waals surface area contributed by atoms with Crippen LogP contribution in [-0.4, -0.2) is 40.8 Å². The third kappa shape index (κ3) is 8.03. The number of hydrogen-bond donors (Lipinski definition) is 4. The number of hydrogen-bond acceptors (Lipinski definition) is 4. The maximum Gasteiger partial charge on any atom is 0.334 e. The molecule has 0 radical (unpaired) electrons. The van der Waals surface area contributed by atoms with Gasteiger partial charge in [0.25, 0.3) is 5.91 Å². The molecule has 0 spiro atoms. The Morgan fingerprint density at radius 1 is 0.949 bits per heavy atom. The average molecular weight is 642 g/mol. The van der Waals surface area contributed by atoms with Gasteiger partial charge >= 0.3 is 12.0 Å². The number of benzene rings is 3. The summed E-state index contributed by atoms with van der Waals surface area (Å²) >= 11 is 2.20. The quantitative estimate of drug-likeness (QED) is 0.222. The fraction of sp³-hybridized carbons (Fsp3) is 0.300. The highest BCUT2D eigenvalue weighted by molar-refractivity contribution is 14.1. The Labute approximate surface area is 241 Å². The molecule has 39 heavy (non-hydrogen) atoms. The molecule has 9 heteroatoms. The standard InChI is InChI=1S/C30H32IN3O5/c31-24-7-4-8-25(17-24)33-30(39)34(26-15-13-22(14-16-26)21-5-2-1-3-6-21)19-20-9-11-23(12-10-20)28(36)32-18-27(35)29(37)38/h4,7-17,21,27,35H,1-3,5-6,18-19H2,(H,32,36)(H,33,39)(H,37,38)/t27-/m1/s1. The average Bonchev–Trinajstić information content (AvgIpc) is 2.95. The van der Waals surface area contributed by atoms with E-state index in [1.807, 2.05) is 36.4 Å². The minimum Gasteiger partial charge on any atom is -0.479 e. The van der Waals surface area contributed by atoms with E-state index in [9.17, 15) is 19.5 Å². The highest BCUT2D eigenvalue weighted by atomic mass is 127. The topological polar surface area (TPSA) is 119 Å². The number of nitrogens with one attached hydrogen (secondary N) is 2. The maximum atomic E-state index is 13.5. The third-order valence-corrected chi connectivity index (χ3v) is 7.57. The molecular weight excluding hydrogens is 609 g/mol. The fourth-order valence-corrected chi connectivity index (χ4v) is 5.27. The second-order valence-electron chi connectivity index (χ2n) is 9.71.